The van der Waals surface area contributed by atoms with E-state index in [2.05, 4.69) is 15.5 Å². The number of aryl methyl sites for hydroxylation is 1. The van der Waals surface area contributed by atoms with Crippen molar-refractivity contribution in [2.24, 2.45) is 0 Å². The van der Waals surface area contributed by atoms with Crippen molar-refractivity contribution in [3.63, 3.8) is 0 Å². The number of benzene rings is 2. The zero-order valence-corrected chi connectivity index (χ0v) is 12.9. The molecule has 0 aliphatic rings. The van der Waals surface area contributed by atoms with E-state index in [1.807, 2.05) is 37.3 Å². The minimum atomic E-state index is 0.576. The van der Waals surface area contributed by atoms with Crippen molar-refractivity contribution in [2.45, 2.75) is 6.92 Å². The smallest absolute Gasteiger partial charge is 0.187 e. The van der Waals surface area contributed by atoms with Crippen LogP contribution in [0.2, 0.25) is 5.02 Å². The minimum Gasteiger partial charge on any atom is -0.494 e. The Kier molecular flexibility index (Phi) is 3.68. The Morgan fingerprint density at radius 2 is 2.05 bits per heavy atom. The summed E-state index contributed by atoms with van der Waals surface area (Å²) in [5.74, 6) is 1.17. The van der Waals surface area contributed by atoms with Gasteiger partial charge in [0.2, 0.25) is 0 Å². The van der Waals surface area contributed by atoms with Crippen LogP contribution >= 0.6 is 11.6 Å². The van der Waals surface area contributed by atoms with Crippen LogP contribution in [0.1, 0.15) is 5.56 Å². The molecule has 0 amide bonds. The van der Waals surface area contributed by atoms with E-state index in [4.69, 9.17) is 22.1 Å². The maximum atomic E-state index is 6.15. The van der Waals surface area contributed by atoms with Gasteiger partial charge in [-0.15, -0.1) is 5.10 Å². The second-order valence-corrected chi connectivity index (χ2v) is 5.22. The predicted octanol–water partition coefficient (Wildman–Crippen LogP) is 2.88. The first-order valence-electron chi connectivity index (χ1n) is 6.59. The molecule has 0 aliphatic carbocycles. The number of rotatable bonds is 3. The quantitative estimate of drug-likeness (QED) is 0.752. The number of aromatic nitrogens is 4. The molecule has 0 fully saturated rings. The van der Waals surface area contributed by atoms with Crippen LogP contribution < -0.4 is 10.5 Å². The molecule has 3 rings (SSSR count). The fraction of sp³-hybridized carbons (Fsp3) is 0.133. The largest absolute Gasteiger partial charge is 0.494 e. The van der Waals surface area contributed by atoms with Crippen LogP contribution in [0.5, 0.6) is 5.75 Å². The van der Waals surface area contributed by atoms with Crippen LogP contribution in [0.4, 0.5) is 5.69 Å². The van der Waals surface area contributed by atoms with Crippen LogP contribution in [0.15, 0.2) is 36.4 Å². The van der Waals surface area contributed by atoms with E-state index >= 15 is 0 Å². The van der Waals surface area contributed by atoms with Gasteiger partial charge in [-0.2, -0.15) is 4.68 Å². The normalized spacial score (nSPS) is 10.7. The number of nitrogens with two attached hydrogens (primary N) is 1. The number of hydrogen-bond donors (Lipinski definition) is 1. The predicted molar refractivity (Wildman–Crippen MR) is 85.3 cm³/mol. The zero-order valence-electron chi connectivity index (χ0n) is 12.1. The van der Waals surface area contributed by atoms with Gasteiger partial charge in [0.1, 0.15) is 11.4 Å². The first-order valence-corrected chi connectivity index (χ1v) is 6.96. The summed E-state index contributed by atoms with van der Waals surface area (Å²) >= 11 is 6.15. The Morgan fingerprint density at radius 3 is 2.77 bits per heavy atom. The third kappa shape index (κ3) is 2.48. The van der Waals surface area contributed by atoms with Crippen LogP contribution in [0.25, 0.3) is 17.1 Å². The SMILES string of the molecule is COc1cc(Cl)c(C)cc1-n1nnnc1-c1cccc(N)c1. The molecule has 0 saturated heterocycles. The van der Waals surface area contributed by atoms with Gasteiger partial charge in [0.05, 0.1) is 7.11 Å². The molecule has 0 unspecified atom stereocenters. The van der Waals surface area contributed by atoms with Gasteiger partial charge in [0.25, 0.3) is 0 Å². The van der Waals surface area contributed by atoms with Gasteiger partial charge in [-0.1, -0.05) is 23.7 Å². The van der Waals surface area contributed by atoms with Gasteiger partial charge in [-0.05, 0) is 41.1 Å². The van der Waals surface area contributed by atoms with Crippen molar-refractivity contribution >= 4 is 17.3 Å². The number of tetrazole rings is 1. The number of hydrogen-bond acceptors (Lipinski definition) is 5. The molecule has 22 heavy (non-hydrogen) atoms. The van der Waals surface area contributed by atoms with Crippen LogP contribution in [-0.2, 0) is 0 Å². The molecule has 0 aliphatic heterocycles. The van der Waals surface area contributed by atoms with Crippen LogP contribution in [0, 0.1) is 6.92 Å². The number of methoxy groups -OCH3 is 1. The lowest BCUT2D eigenvalue weighted by atomic mass is 10.1. The Bertz CT molecular complexity index is 831. The Labute approximate surface area is 132 Å². The number of halogens is 1. The molecule has 0 bridgehead atoms. The van der Waals surface area contributed by atoms with Gasteiger partial charge in [0, 0.05) is 22.3 Å². The summed E-state index contributed by atoms with van der Waals surface area (Å²) in [4.78, 5) is 0. The van der Waals surface area contributed by atoms with E-state index < -0.39 is 0 Å². The summed E-state index contributed by atoms with van der Waals surface area (Å²) in [6.07, 6.45) is 0. The fourth-order valence-corrected chi connectivity index (χ4v) is 2.34. The van der Waals surface area contributed by atoms with E-state index in [0.29, 0.717) is 28.0 Å². The summed E-state index contributed by atoms with van der Waals surface area (Å²) in [7, 11) is 1.58. The molecule has 2 aromatic carbocycles. The second-order valence-electron chi connectivity index (χ2n) is 4.81. The molecule has 0 atom stereocenters. The molecule has 6 nitrogen and oxygen atoms in total. The summed E-state index contributed by atoms with van der Waals surface area (Å²) in [5, 5.41) is 12.5. The first kappa shape index (κ1) is 14.3. The van der Waals surface area contributed by atoms with Gasteiger partial charge in [-0.3, -0.25) is 0 Å². The van der Waals surface area contributed by atoms with Crippen LogP contribution in [0.3, 0.4) is 0 Å². The molecule has 3 aromatic rings. The van der Waals surface area contributed by atoms with Crippen molar-refractivity contribution in [3.8, 4) is 22.8 Å². The first-order chi connectivity index (χ1) is 10.6. The highest BCUT2D eigenvalue weighted by molar-refractivity contribution is 6.31. The average molecular weight is 316 g/mol. The molecule has 2 N–H and O–H groups in total. The Hall–Kier alpha value is -2.60. The Balaban J connectivity index is 2.19. The number of nitrogen functional groups attached to an aromatic ring is 1. The van der Waals surface area contributed by atoms with Crippen LogP contribution in [-0.4, -0.2) is 27.3 Å². The minimum absolute atomic E-state index is 0.576. The highest BCUT2D eigenvalue weighted by atomic mass is 35.5. The van der Waals surface area contributed by atoms with Crippen molar-refractivity contribution in [2.75, 3.05) is 12.8 Å². The third-order valence-corrected chi connectivity index (χ3v) is 3.71. The highest BCUT2D eigenvalue weighted by Crippen LogP contribution is 2.31. The van der Waals surface area contributed by atoms with Crippen molar-refractivity contribution in [1.82, 2.24) is 20.2 Å². The number of nitrogens with zero attached hydrogens (tertiary/aromatic N) is 4. The number of ether oxygens (including phenoxy) is 1. The van der Waals surface area contributed by atoms with Crippen molar-refractivity contribution in [3.05, 3.63) is 47.0 Å². The van der Waals surface area contributed by atoms with Crippen molar-refractivity contribution in [1.29, 1.82) is 0 Å². The summed E-state index contributed by atoms with van der Waals surface area (Å²) < 4.78 is 7.00. The molecule has 7 heteroatoms. The summed E-state index contributed by atoms with van der Waals surface area (Å²) in [6, 6.07) is 11.0. The lowest BCUT2D eigenvalue weighted by Crippen LogP contribution is -2.03. The summed E-state index contributed by atoms with van der Waals surface area (Å²) in [6.45, 7) is 1.91. The lowest BCUT2D eigenvalue weighted by molar-refractivity contribution is 0.411. The second kappa shape index (κ2) is 5.65. The topological polar surface area (TPSA) is 78.8 Å². The third-order valence-electron chi connectivity index (χ3n) is 3.30. The van der Waals surface area contributed by atoms with E-state index in [9.17, 15) is 0 Å². The molecular formula is C15H14ClN5O. The average Bonchev–Trinajstić information content (AvgIpc) is 2.99. The molecule has 112 valence electrons. The fourth-order valence-electron chi connectivity index (χ4n) is 2.18. The standard InChI is InChI=1S/C15H14ClN5O/c1-9-6-13(14(22-2)8-12(9)16)21-15(18-19-20-21)10-4-3-5-11(17)7-10/h3-8H,17H2,1-2H3. The van der Waals surface area contributed by atoms with E-state index in [0.717, 1.165) is 11.1 Å². The van der Waals surface area contributed by atoms with Gasteiger partial charge < -0.3 is 10.5 Å². The Morgan fingerprint density at radius 1 is 1.23 bits per heavy atom. The van der Waals surface area contributed by atoms with E-state index in [1.54, 1.807) is 17.9 Å². The molecule has 1 heterocycles. The molecule has 0 saturated carbocycles. The van der Waals surface area contributed by atoms with Crippen molar-refractivity contribution < 1.29 is 4.74 Å². The zero-order chi connectivity index (χ0) is 15.7. The molecule has 1 aromatic heterocycles. The van der Waals surface area contributed by atoms with E-state index in [-0.39, 0.29) is 0 Å². The molecular weight excluding hydrogens is 302 g/mol. The lowest BCUT2D eigenvalue weighted by Gasteiger charge is -2.12. The van der Waals surface area contributed by atoms with E-state index in [1.165, 1.54) is 0 Å². The van der Waals surface area contributed by atoms with Gasteiger partial charge in [-0.25, -0.2) is 0 Å². The number of anilines is 1. The molecule has 0 spiro atoms. The maximum absolute atomic E-state index is 6.15. The molecule has 0 radical (unpaired) electrons. The maximum Gasteiger partial charge on any atom is 0.187 e. The van der Waals surface area contributed by atoms with Gasteiger partial charge in [0.15, 0.2) is 5.82 Å². The highest BCUT2D eigenvalue weighted by Gasteiger charge is 2.16. The van der Waals surface area contributed by atoms with Gasteiger partial charge >= 0.3 is 0 Å². The summed E-state index contributed by atoms with van der Waals surface area (Å²) in [5.41, 5.74) is 8.92. The monoisotopic (exact) mass is 315 g/mol.